The van der Waals surface area contributed by atoms with Gasteiger partial charge >= 0.3 is 0 Å². The van der Waals surface area contributed by atoms with Crippen molar-refractivity contribution < 1.29 is 0 Å². The summed E-state index contributed by atoms with van der Waals surface area (Å²) >= 11 is 0. The quantitative estimate of drug-likeness (QED) is 0.522. The molecular weight excluding hydrogens is 134 g/mol. The molecule has 0 spiro atoms. The van der Waals surface area contributed by atoms with Crippen LogP contribution < -0.4 is 0 Å². The Kier molecular flexibility index (Phi) is 7.54. The molecule has 0 rings (SSSR count). The first kappa shape index (κ1) is 10.7. The summed E-state index contributed by atoms with van der Waals surface area (Å²) in [4.78, 5) is 4.08. The third-order valence-corrected chi connectivity index (χ3v) is 1.95. The summed E-state index contributed by atoms with van der Waals surface area (Å²) in [6.07, 6.45) is 8.66. The molecule has 0 bridgehead atoms. The van der Waals surface area contributed by atoms with Gasteiger partial charge in [-0.2, -0.15) is 0 Å². The van der Waals surface area contributed by atoms with Crippen LogP contribution in [0.4, 0.5) is 0 Å². The van der Waals surface area contributed by atoms with E-state index in [2.05, 4.69) is 25.1 Å². The summed E-state index contributed by atoms with van der Waals surface area (Å²) in [6, 6.07) is 0. The fourth-order valence-electron chi connectivity index (χ4n) is 1.34. The highest BCUT2D eigenvalue weighted by molar-refractivity contribution is 5.60. The fraction of sp³-hybridized carbons (Fsp3) is 0.900. The number of rotatable bonds is 6. The van der Waals surface area contributed by atoms with E-state index in [0.29, 0.717) is 0 Å². The van der Waals surface area contributed by atoms with Gasteiger partial charge in [-0.1, -0.05) is 33.1 Å². The van der Waals surface area contributed by atoms with Crippen molar-refractivity contribution in [1.29, 1.82) is 0 Å². The molecule has 66 valence electrons. The number of aliphatic imine (C=N–C) groups is 1. The fourth-order valence-corrected chi connectivity index (χ4v) is 1.34. The van der Waals surface area contributed by atoms with Crippen LogP contribution >= 0.6 is 0 Å². The number of nitrogens with zero attached hydrogens (tertiary/aromatic N) is 1. The Labute approximate surface area is 70.9 Å². The number of hydrogen-bond donors (Lipinski definition) is 0. The van der Waals surface area contributed by atoms with Crippen molar-refractivity contribution in [3.63, 3.8) is 0 Å². The van der Waals surface area contributed by atoms with Crippen molar-refractivity contribution in [3.05, 3.63) is 0 Å². The molecule has 0 heterocycles. The molecule has 1 unspecified atom stereocenters. The van der Waals surface area contributed by atoms with Crippen LogP contribution in [0.1, 0.15) is 46.0 Å². The molecule has 0 saturated heterocycles. The molecule has 1 heteroatoms. The minimum Gasteiger partial charge on any atom is -0.301 e. The molecule has 0 aromatic carbocycles. The molecular formula is C10H21N. The van der Waals surface area contributed by atoms with E-state index in [-0.39, 0.29) is 0 Å². The molecule has 0 aromatic rings. The first-order chi connectivity index (χ1) is 5.35. The van der Waals surface area contributed by atoms with Crippen molar-refractivity contribution in [1.82, 2.24) is 0 Å². The molecule has 0 amide bonds. The second-order valence-electron chi connectivity index (χ2n) is 3.10. The van der Waals surface area contributed by atoms with Gasteiger partial charge in [0.15, 0.2) is 0 Å². The van der Waals surface area contributed by atoms with Crippen LogP contribution in [0.5, 0.6) is 0 Å². The van der Waals surface area contributed by atoms with E-state index >= 15 is 0 Å². The Bertz CT molecular complexity index is 97.0. The topological polar surface area (TPSA) is 12.4 Å². The van der Waals surface area contributed by atoms with Gasteiger partial charge < -0.3 is 4.99 Å². The van der Waals surface area contributed by atoms with Gasteiger partial charge in [-0.05, 0) is 18.8 Å². The molecule has 0 N–H and O–H groups in total. The SMILES string of the molecule is CCCCC(C=NC)CCC. The Hall–Kier alpha value is -0.330. The molecule has 11 heavy (non-hydrogen) atoms. The van der Waals surface area contributed by atoms with Crippen LogP contribution in [0.25, 0.3) is 0 Å². The summed E-state index contributed by atoms with van der Waals surface area (Å²) in [6.45, 7) is 4.48. The van der Waals surface area contributed by atoms with Crippen molar-refractivity contribution in [2.75, 3.05) is 7.05 Å². The Morgan fingerprint density at radius 1 is 1.18 bits per heavy atom. The zero-order chi connectivity index (χ0) is 8.53. The number of unbranched alkanes of at least 4 members (excludes halogenated alkanes) is 1. The first-order valence-electron chi connectivity index (χ1n) is 4.77. The van der Waals surface area contributed by atoms with Gasteiger partial charge in [0.25, 0.3) is 0 Å². The van der Waals surface area contributed by atoms with E-state index in [9.17, 15) is 0 Å². The summed E-state index contributed by atoms with van der Waals surface area (Å²) in [7, 11) is 1.87. The van der Waals surface area contributed by atoms with E-state index in [4.69, 9.17) is 0 Å². The van der Waals surface area contributed by atoms with Crippen LogP contribution in [0.3, 0.4) is 0 Å². The van der Waals surface area contributed by atoms with Crippen LogP contribution in [0, 0.1) is 5.92 Å². The van der Waals surface area contributed by atoms with Crippen LogP contribution in [-0.4, -0.2) is 13.3 Å². The lowest BCUT2D eigenvalue weighted by Crippen LogP contribution is -2.01. The summed E-state index contributed by atoms with van der Waals surface area (Å²) < 4.78 is 0. The van der Waals surface area contributed by atoms with Gasteiger partial charge in [0.1, 0.15) is 0 Å². The molecule has 0 aliphatic rings. The summed E-state index contributed by atoms with van der Waals surface area (Å²) in [5.74, 6) is 0.741. The number of hydrogen-bond acceptors (Lipinski definition) is 1. The van der Waals surface area contributed by atoms with E-state index in [1.165, 1.54) is 32.1 Å². The zero-order valence-corrected chi connectivity index (χ0v) is 8.14. The average Bonchev–Trinajstić information content (AvgIpc) is 2.01. The largest absolute Gasteiger partial charge is 0.301 e. The molecule has 0 saturated carbocycles. The molecule has 0 aliphatic heterocycles. The smallest absolute Gasteiger partial charge is 0.0273 e. The molecule has 1 nitrogen and oxygen atoms in total. The second-order valence-corrected chi connectivity index (χ2v) is 3.10. The van der Waals surface area contributed by atoms with Crippen molar-refractivity contribution in [3.8, 4) is 0 Å². The van der Waals surface area contributed by atoms with E-state index in [1.54, 1.807) is 0 Å². The Morgan fingerprint density at radius 3 is 2.36 bits per heavy atom. The highest BCUT2D eigenvalue weighted by atomic mass is 14.6. The third-order valence-electron chi connectivity index (χ3n) is 1.95. The van der Waals surface area contributed by atoms with Gasteiger partial charge in [-0.15, -0.1) is 0 Å². The minimum atomic E-state index is 0.741. The highest BCUT2D eigenvalue weighted by Crippen LogP contribution is 2.12. The lowest BCUT2D eigenvalue weighted by atomic mass is 9.99. The highest BCUT2D eigenvalue weighted by Gasteiger charge is 2.02. The minimum absolute atomic E-state index is 0.741. The van der Waals surface area contributed by atoms with E-state index < -0.39 is 0 Å². The predicted molar refractivity (Wildman–Crippen MR) is 52.3 cm³/mol. The molecule has 0 radical (unpaired) electrons. The van der Waals surface area contributed by atoms with E-state index in [0.717, 1.165) is 5.92 Å². The van der Waals surface area contributed by atoms with Crippen molar-refractivity contribution >= 4 is 6.21 Å². The monoisotopic (exact) mass is 155 g/mol. The maximum atomic E-state index is 4.08. The lowest BCUT2D eigenvalue weighted by Gasteiger charge is -2.08. The van der Waals surface area contributed by atoms with Gasteiger partial charge in [-0.3, -0.25) is 0 Å². The van der Waals surface area contributed by atoms with Gasteiger partial charge in [0, 0.05) is 13.3 Å². The van der Waals surface area contributed by atoms with Crippen LogP contribution in [0.15, 0.2) is 4.99 Å². The Morgan fingerprint density at radius 2 is 1.91 bits per heavy atom. The molecule has 0 fully saturated rings. The predicted octanol–water partition coefficient (Wildman–Crippen LogP) is 3.29. The van der Waals surface area contributed by atoms with Crippen LogP contribution in [-0.2, 0) is 0 Å². The second kappa shape index (κ2) is 7.77. The van der Waals surface area contributed by atoms with Gasteiger partial charge in [-0.25, -0.2) is 0 Å². The molecule has 0 aromatic heterocycles. The maximum Gasteiger partial charge on any atom is 0.0273 e. The first-order valence-corrected chi connectivity index (χ1v) is 4.77. The van der Waals surface area contributed by atoms with Gasteiger partial charge in [0.2, 0.25) is 0 Å². The van der Waals surface area contributed by atoms with Crippen molar-refractivity contribution in [2.45, 2.75) is 46.0 Å². The third kappa shape index (κ3) is 6.08. The Balaban J connectivity index is 3.51. The lowest BCUT2D eigenvalue weighted by molar-refractivity contribution is 0.546. The zero-order valence-electron chi connectivity index (χ0n) is 8.14. The van der Waals surface area contributed by atoms with Crippen molar-refractivity contribution in [2.24, 2.45) is 10.9 Å². The molecule has 1 atom stereocenters. The summed E-state index contributed by atoms with van der Waals surface area (Å²) in [5, 5.41) is 0. The normalized spacial score (nSPS) is 14.1. The van der Waals surface area contributed by atoms with E-state index in [1.807, 2.05) is 7.05 Å². The summed E-state index contributed by atoms with van der Waals surface area (Å²) in [5.41, 5.74) is 0. The standard InChI is InChI=1S/C10H21N/c1-4-6-8-10(7-5-2)9-11-3/h9-10H,4-8H2,1-3H3. The maximum absolute atomic E-state index is 4.08. The van der Waals surface area contributed by atoms with Crippen LogP contribution in [0.2, 0.25) is 0 Å². The molecule has 0 aliphatic carbocycles. The van der Waals surface area contributed by atoms with Gasteiger partial charge in [0.05, 0.1) is 0 Å². The average molecular weight is 155 g/mol.